The molecule has 1 amide bonds. The number of hydrogen-bond acceptors (Lipinski definition) is 4. The van der Waals surface area contributed by atoms with Gasteiger partial charge in [0.1, 0.15) is 11.4 Å². The van der Waals surface area contributed by atoms with E-state index < -0.39 is 5.60 Å². The van der Waals surface area contributed by atoms with E-state index in [0.29, 0.717) is 11.6 Å². The SMILES string of the molecule is CC(C)(C)OC(=O)N[C@@H]1CCN([C@H]2CCOc3cc(Cl)cc(Br)c32)C1. The fourth-order valence-electron chi connectivity index (χ4n) is 3.46. The summed E-state index contributed by atoms with van der Waals surface area (Å²) in [5.74, 6) is 0.846. The monoisotopic (exact) mass is 430 g/mol. The minimum Gasteiger partial charge on any atom is -0.493 e. The predicted molar refractivity (Wildman–Crippen MR) is 101 cm³/mol. The molecule has 3 rings (SSSR count). The van der Waals surface area contributed by atoms with Gasteiger partial charge in [0, 0.05) is 46.7 Å². The highest BCUT2D eigenvalue weighted by molar-refractivity contribution is 9.10. The molecule has 1 N–H and O–H groups in total. The van der Waals surface area contributed by atoms with E-state index in [-0.39, 0.29) is 18.2 Å². The third-order valence-corrected chi connectivity index (χ3v) is 5.29. The molecule has 0 bridgehead atoms. The number of hydrogen-bond donors (Lipinski definition) is 1. The molecule has 2 atom stereocenters. The molecule has 0 radical (unpaired) electrons. The third kappa shape index (κ3) is 4.60. The highest BCUT2D eigenvalue weighted by Crippen LogP contribution is 2.43. The van der Waals surface area contributed by atoms with Gasteiger partial charge in [-0.2, -0.15) is 0 Å². The first kappa shape index (κ1) is 18.8. The Morgan fingerprint density at radius 2 is 2.16 bits per heavy atom. The molecule has 1 aromatic rings. The van der Waals surface area contributed by atoms with Crippen molar-refractivity contribution in [3.8, 4) is 5.75 Å². The molecule has 2 heterocycles. The van der Waals surface area contributed by atoms with Crippen molar-refractivity contribution in [2.45, 2.75) is 51.3 Å². The standard InChI is InChI=1S/C18H24BrClN2O3/c1-18(2,3)25-17(23)21-12-4-6-22(10-12)14-5-7-24-15-9-11(20)8-13(19)16(14)15/h8-9,12,14H,4-7,10H2,1-3H3,(H,21,23)/t12-,14+/m1/s1. The lowest BCUT2D eigenvalue weighted by atomic mass is 9.99. The summed E-state index contributed by atoms with van der Waals surface area (Å²) >= 11 is 9.77. The van der Waals surface area contributed by atoms with Gasteiger partial charge >= 0.3 is 6.09 Å². The Labute approximate surface area is 162 Å². The number of alkyl carbamates (subject to hydrolysis) is 1. The zero-order valence-corrected chi connectivity index (χ0v) is 17.1. The molecule has 138 valence electrons. The molecule has 25 heavy (non-hydrogen) atoms. The van der Waals surface area contributed by atoms with Gasteiger partial charge in [0.2, 0.25) is 0 Å². The Hall–Kier alpha value is -0.980. The first-order chi connectivity index (χ1) is 11.7. The summed E-state index contributed by atoms with van der Waals surface area (Å²) < 4.78 is 12.1. The zero-order chi connectivity index (χ0) is 18.2. The molecule has 0 aliphatic carbocycles. The maximum absolute atomic E-state index is 12.0. The van der Waals surface area contributed by atoms with Crippen molar-refractivity contribution in [2.75, 3.05) is 19.7 Å². The molecule has 0 spiro atoms. The van der Waals surface area contributed by atoms with Crippen LogP contribution in [0.5, 0.6) is 5.75 Å². The number of carbonyl (C=O) groups excluding carboxylic acids is 1. The van der Waals surface area contributed by atoms with E-state index in [0.717, 1.165) is 41.7 Å². The Morgan fingerprint density at radius 1 is 1.40 bits per heavy atom. The Bertz CT molecular complexity index is 662. The van der Waals surface area contributed by atoms with Gasteiger partial charge in [0.15, 0.2) is 0 Å². The lowest BCUT2D eigenvalue weighted by Gasteiger charge is -2.34. The van der Waals surface area contributed by atoms with Crippen LogP contribution < -0.4 is 10.1 Å². The summed E-state index contributed by atoms with van der Waals surface area (Å²) in [5, 5.41) is 3.65. The van der Waals surface area contributed by atoms with Crippen LogP contribution in [0.15, 0.2) is 16.6 Å². The lowest BCUT2D eigenvalue weighted by molar-refractivity contribution is 0.0503. The molecular weight excluding hydrogens is 408 g/mol. The molecular formula is C18H24BrClN2O3. The van der Waals surface area contributed by atoms with Crippen LogP contribution in [-0.4, -0.2) is 42.3 Å². The largest absolute Gasteiger partial charge is 0.493 e. The smallest absolute Gasteiger partial charge is 0.407 e. The van der Waals surface area contributed by atoms with Crippen molar-refractivity contribution in [2.24, 2.45) is 0 Å². The van der Waals surface area contributed by atoms with Crippen LogP contribution in [-0.2, 0) is 4.74 Å². The number of amides is 1. The van der Waals surface area contributed by atoms with Crippen molar-refractivity contribution < 1.29 is 14.3 Å². The number of likely N-dealkylation sites (tertiary alicyclic amines) is 1. The first-order valence-corrected chi connectivity index (χ1v) is 9.75. The van der Waals surface area contributed by atoms with Gasteiger partial charge in [-0.1, -0.05) is 27.5 Å². The number of rotatable bonds is 2. The predicted octanol–water partition coefficient (Wildman–Crippen LogP) is 4.53. The summed E-state index contributed by atoms with van der Waals surface area (Å²) in [6.07, 6.45) is 1.49. The van der Waals surface area contributed by atoms with E-state index in [9.17, 15) is 4.79 Å². The summed E-state index contributed by atoms with van der Waals surface area (Å²) in [4.78, 5) is 14.4. The quantitative estimate of drug-likeness (QED) is 0.748. The number of fused-ring (bicyclic) bond motifs is 1. The Morgan fingerprint density at radius 3 is 2.88 bits per heavy atom. The normalized spacial score (nSPS) is 23.7. The summed E-state index contributed by atoms with van der Waals surface area (Å²) in [7, 11) is 0. The van der Waals surface area contributed by atoms with Crippen molar-refractivity contribution in [3.05, 3.63) is 27.2 Å². The molecule has 7 heteroatoms. The van der Waals surface area contributed by atoms with Crippen molar-refractivity contribution in [1.29, 1.82) is 0 Å². The summed E-state index contributed by atoms with van der Waals surface area (Å²) in [5.41, 5.74) is 0.667. The van der Waals surface area contributed by atoms with E-state index in [1.807, 2.05) is 32.9 Å². The van der Waals surface area contributed by atoms with E-state index in [1.165, 1.54) is 0 Å². The second-order valence-electron chi connectivity index (χ2n) is 7.58. The highest BCUT2D eigenvalue weighted by atomic mass is 79.9. The average molecular weight is 432 g/mol. The topological polar surface area (TPSA) is 50.8 Å². The molecule has 2 aliphatic rings. The maximum Gasteiger partial charge on any atom is 0.407 e. The number of nitrogens with zero attached hydrogens (tertiary/aromatic N) is 1. The van der Waals surface area contributed by atoms with Crippen LogP contribution in [0.1, 0.15) is 45.2 Å². The molecule has 0 aromatic heterocycles. The van der Waals surface area contributed by atoms with Gasteiger partial charge in [0.25, 0.3) is 0 Å². The fourth-order valence-corrected chi connectivity index (χ4v) is 4.50. The number of ether oxygens (including phenoxy) is 2. The van der Waals surface area contributed by atoms with Crippen molar-refractivity contribution >= 4 is 33.6 Å². The average Bonchev–Trinajstić information content (AvgIpc) is 2.92. The van der Waals surface area contributed by atoms with E-state index >= 15 is 0 Å². The van der Waals surface area contributed by atoms with E-state index in [1.54, 1.807) is 0 Å². The fraction of sp³-hybridized carbons (Fsp3) is 0.611. The van der Waals surface area contributed by atoms with Gasteiger partial charge in [0.05, 0.1) is 6.61 Å². The van der Waals surface area contributed by atoms with Crippen LogP contribution in [0.4, 0.5) is 4.79 Å². The molecule has 1 aromatic carbocycles. The molecule has 2 aliphatic heterocycles. The number of nitrogens with one attached hydrogen (secondary N) is 1. The minimum atomic E-state index is -0.480. The first-order valence-electron chi connectivity index (χ1n) is 8.58. The van der Waals surface area contributed by atoms with Gasteiger partial charge in [-0.05, 0) is 39.3 Å². The second kappa shape index (κ2) is 7.33. The van der Waals surface area contributed by atoms with Crippen LogP contribution in [0, 0.1) is 0 Å². The maximum atomic E-state index is 12.0. The molecule has 5 nitrogen and oxygen atoms in total. The second-order valence-corrected chi connectivity index (χ2v) is 8.87. The number of halogens is 2. The van der Waals surface area contributed by atoms with Crippen LogP contribution in [0.2, 0.25) is 5.02 Å². The number of benzene rings is 1. The van der Waals surface area contributed by atoms with Crippen LogP contribution in [0.25, 0.3) is 0 Å². The van der Waals surface area contributed by atoms with Gasteiger partial charge in [-0.25, -0.2) is 4.79 Å². The van der Waals surface area contributed by atoms with Gasteiger partial charge in [-0.3, -0.25) is 4.90 Å². The summed E-state index contributed by atoms with van der Waals surface area (Å²) in [6.45, 7) is 8.02. The highest BCUT2D eigenvalue weighted by Gasteiger charge is 2.35. The minimum absolute atomic E-state index is 0.104. The molecule has 1 saturated heterocycles. The molecule has 1 fully saturated rings. The third-order valence-electron chi connectivity index (χ3n) is 4.42. The van der Waals surface area contributed by atoms with E-state index in [4.69, 9.17) is 21.1 Å². The summed E-state index contributed by atoms with van der Waals surface area (Å²) in [6, 6.07) is 4.16. The van der Waals surface area contributed by atoms with Gasteiger partial charge in [-0.15, -0.1) is 0 Å². The molecule has 0 unspecified atom stereocenters. The van der Waals surface area contributed by atoms with E-state index in [2.05, 4.69) is 26.1 Å². The van der Waals surface area contributed by atoms with Crippen LogP contribution in [0.3, 0.4) is 0 Å². The van der Waals surface area contributed by atoms with Crippen LogP contribution >= 0.6 is 27.5 Å². The van der Waals surface area contributed by atoms with Gasteiger partial charge < -0.3 is 14.8 Å². The Balaban J connectivity index is 1.67. The lowest BCUT2D eigenvalue weighted by Crippen LogP contribution is -2.41. The van der Waals surface area contributed by atoms with Crippen molar-refractivity contribution in [3.63, 3.8) is 0 Å². The molecule has 0 saturated carbocycles. The van der Waals surface area contributed by atoms with Crippen molar-refractivity contribution in [1.82, 2.24) is 10.2 Å². The number of carbonyl (C=O) groups is 1. The Kier molecular flexibility index (Phi) is 5.51. The zero-order valence-electron chi connectivity index (χ0n) is 14.8.